The predicted molar refractivity (Wildman–Crippen MR) is 71.1 cm³/mol. The Morgan fingerprint density at radius 3 is 2.56 bits per heavy atom. The van der Waals surface area contributed by atoms with Crippen LogP contribution in [0.5, 0.6) is 5.75 Å². The molecule has 0 saturated carbocycles. The van der Waals surface area contributed by atoms with Crippen molar-refractivity contribution in [3.8, 4) is 5.75 Å². The fourth-order valence-corrected chi connectivity index (χ4v) is 2.64. The number of ether oxygens (including phenoxy) is 3. The molecule has 3 heteroatoms. The van der Waals surface area contributed by atoms with Crippen molar-refractivity contribution in [3.05, 3.63) is 27.8 Å². The van der Waals surface area contributed by atoms with Gasteiger partial charge < -0.3 is 14.2 Å². The summed E-state index contributed by atoms with van der Waals surface area (Å²) in [6, 6.07) is 0. The largest absolute Gasteiger partial charge is 0.490 e. The van der Waals surface area contributed by atoms with E-state index in [1.165, 1.54) is 27.8 Å². The molecule has 2 rings (SSSR count). The van der Waals surface area contributed by atoms with Crippen LogP contribution in [0.2, 0.25) is 0 Å². The van der Waals surface area contributed by atoms with Crippen molar-refractivity contribution in [1.82, 2.24) is 0 Å². The van der Waals surface area contributed by atoms with E-state index >= 15 is 0 Å². The van der Waals surface area contributed by atoms with E-state index in [0.29, 0.717) is 13.4 Å². The Kier molecular flexibility index (Phi) is 3.93. The second kappa shape index (κ2) is 5.29. The van der Waals surface area contributed by atoms with Crippen LogP contribution in [0.4, 0.5) is 0 Å². The van der Waals surface area contributed by atoms with E-state index in [-0.39, 0.29) is 6.10 Å². The molecule has 0 N–H and O–H groups in total. The van der Waals surface area contributed by atoms with Gasteiger partial charge in [-0.3, -0.25) is 0 Å². The number of fused-ring (bicyclic) bond motifs is 1. The van der Waals surface area contributed by atoms with E-state index in [1.54, 1.807) is 7.11 Å². The highest BCUT2D eigenvalue weighted by molar-refractivity contribution is 5.56. The average Bonchev–Trinajstić information content (AvgIpc) is 2.73. The molecular weight excluding hydrogens is 228 g/mol. The van der Waals surface area contributed by atoms with Gasteiger partial charge in [-0.15, -0.1) is 0 Å². The first kappa shape index (κ1) is 13.4. The SMILES string of the molecule is COCOCc1c(C)c(C)c2c(c1C)CC(C)O2. The fourth-order valence-electron chi connectivity index (χ4n) is 2.64. The second-order valence-electron chi connectivity index (χ2n) is 5.05. The third-order valence-electron chi connectivity index (χ3n) is 3.79. The van der Waals surface area contributed by atoms with Crippen molar-refractivity contribution < 1.29 is 14.2 Å². The zero-order chi connectivity index (χ0) is 13.3. The molecule has 1 aromatic rings. The molecule has 0 saturated heterocycles. The number of hydrogen-bond donors (Lipinski definition) is 0. The highest BCUT2D eigenvalue weighted by atomic mass is 16.7. The average molecular weight is 250 g/mol. The normalized spacial score (nSPS) is 17.7. The Bertz CT molecular complexity index is 452. The number of hydrogen-bond acceptors (Lipinski definition) is 3. The maximum absolute atomic E-state index is 5.91. The van der Waals surface area contributed by atoms with Crippen molar-refractivity contribution in [2.45, 2.75) is 46.8 Å². The molecule has 1 atom stereocenters. The monoisotopic (exact) mass is 250 g/mol. The molecule has 1 aromatic carbocycles. The molecule has 1 aliphatic rings. The van der Waals surface area contributed by atoms with Gasteiger partial charge >= 0.3 is 0 Å². The third kappa shape index (κ3) is 2.25. The van der Waals surface area contributed by atoms with Crippen LogP contribution in [0, 0.1) is 20.8 Å². The molecule has 0 radical (unpaired) electrons. The molecule has 18 heavy (non-hydrogen) atoms. The quantitative estimate of drug-likeness (QED) is 0.607. The number of methoxy groups -OCH3 is 1. The summed E-state index contributed by atoms with van der Waals surface area (Å²) < 4.78 is 16.4. The van der Waals surface area contributed by atoms with Crippen molar-refractivity contribution in [3.63, 3.8) is 0 Å². The Labute approximate surface area is 109 Å². The van der Waals surface area contributed by atoms with Crippen LogP contribution in [0.15, 0.2) is 0 Å². The minimum Gasteiger partial charge on any atom is -0.490 e. The van der Waals surface area contributed by atoms with Gasteiger partial charge in [-0.2, -0.15) is 0 Å². The topological polar surface area (TPSA) is 27.7 Å². The molecule has 0 spiro atoms. The van der Waals surface area contributed by atoms with E-state index in [9.17, 15) is 0 Å². The zero-order valence-electron chi connectivity index (χ0n) is 11.9. The van der Waals surface area contributed by atoms with Gasteiger partial charge in [-0.1, -0.05) is 0 Å². The number of rotatable bonds is 4. The lowest BCUT2D eigenvalue weighted by atomic mass is 9.92. The molecule has 0 fully saturated rings. The molecule has 0 amide bonds. The van der Waals surface area contributed by atoms with Crippen LogP contribution in [0.1, 0.15) is 34.7 Å². The second-order valence-corrected chi connectivity index (χ2v) is 5.05. The van der Waals surface area contributed by atoms with Crippen LogP contribution in [0.3, 0.4) is 0 Å². The summed E-state index contributed by atoms with van der Waals surface area (Å²) in [5.74, 6) is 1.09. The van der Waals surface area contributed by atoms with Crippen molar-refractivity contribution in [2.24, 2.45) is 0 Å². The molecule has 1 unspecified atom stereocenters. The highest BCUT2D eigenvalue weighted by Gasteiger charge is 2.26. The summed E-state index contributed by atoms with van der Waals surface area (Å²) in [6.07, 6.45) is 1.28. The summed E-state index contributed by atoms with van der Waals surface area (Å²) in [4.78, 5) is 0. The molecule has 0 aromatic heterocycles. The van der Waals surface area contributed by atoms with Gasteiger partial charge in [0.05, 0.1) is 6.61 Å². The van der Waals surface area contributed by atoms with Gasteiger partial charge in [-0.05, 0) is 49.9 Å². The summed E-state index contributed by atoms with van der Waals surface area (Å²) in [7, 11) is 1.64. The van der Waals surface area contributed by atoms with Crippen molar-refractivity contribution in [2.75, 3.05) is 13.9 Å². The minimum absolute atomic E-state index is 0.284. The minimum atomic E-state index is 0.284. The van der Waals surface area contributed by atoms with Crippen molar-refractivity contribution >= 4 is 0 Å². The van der Waals surface area contributed by atoms with E-state index in [1.807, 2.05) is 0 Å². The maximum Gasteiger partial charge on any atom is 0.146 e. The fraction of sp³-hybridized carbons (Fsp3) is 0.600. The van der Waals surface area contributed by atoms with Crippen LogP contribution in [-0.4, -0.2) is 20.0 Å². The molecule has 1 aliphatic heterocycles. The van der Waals surface area contributed by atoms with Crippen LogP contribution >= 0.6 is 0 Å². The highest BCUT2D eigenvalue weighted by Crippen LogP contribution is 2.39. The molecule has 100 valence electrons. The summed E-state index contributed by atoms with van der Waals surface area (Å²) in [5.41, 5.74) is 6.46. The van der Waals surface area contributed by atoms with Gasteiger partial charge in [0.2, 0.25) is 0 Å². The van der Waals surface area contributed by atoms with Crippen LogP contribution in [0.25, 0.3) is 0 Å². The van der Waals surface area contributed by atoms with Gasteiger partial charge in [0.25, 0.3) is 0 Å². The smallest absolute Gasteiger partial charge is 0.146 e. The molecular formula is C15H22O3. The molecule has 3 nitrogen and oxygen atoms in total. The van der Waals surface area contributed by atoms with Gasteiger partial charge in [0.1, 0.15) is 18.6 Å². The van der Waals surface area contributed by atoms with Gasteiger partial charge in [-0.25, -0.2) is 0 Å². The molecule has 1 heterocycles. The third-order valence-corrected chi connectivity index (χ3v) is 3.79. The van der Waals surface area contributed by atoms with Gasteiger partial charge in [0, 0.05) is 19.1 Å². The first-order valence-corrected chi connectivity index (χ1v) is 6.41. The van der Waals surface area contributed by atoms with E-state index < -0.39 is 0 Å². The summed E-state index contributed by atoms with van der Waals surface area (Å²) >= 11 is 0. The van der Waals surface area contributed by atoms with Crippen LogP contribution < -0.4 is 4.74 Å². The zero-order valence-corrected chi connectivity index (χ0v) is 11.9. The first-order chi connectivity index (χ1) is 8.56. The Morgan fingerprint density at radius 1 is 1.17 bits per heavy atom. The van der Waals surface area contributed by atoms with E-state index in [2.05, 4.69) is 27.7 Å². The van der Waals surface area contributed by atoms with E-state index in [0.717, 1.165) is 12.2 Å². The predicted octanol–water partition coefficient (Wildman–Crippen LogP) is 3.06. The molecule has 0 aliphatic carbocycles. The van der Waals surface area contributed by atoms with Crippen LogP contribution in [-0.2, 0) is 22.5 Å². The maximum atomic E-state index is 5.91. The Balaban J connectivity index is 2.37. The lowest BCUT2D eigenvalue weighted by Gasteiger charge is -2.17. The lowest BCUT2D eigenvalue weighted by molar-refractivity contribution is -0.0393. The molecule has 0 bridgehead atoms. The summed E-state index contributed by atoms with van der Waals surface area (Å²) in [5, 5.41) is 0. The first-order valence-electron chi connectivity index (χ1n) is 6.41. The van der Waals surface area contributed by atoms with Gasteiger partial charge in [0.15, 0.2) is 0 Å². The lowest BCUT2D eigenvalue weighted by Crippen LogP contribution is -2.05. The Hall–Kier alpha value is -1.06. The van der Waals surface area contributed by atoms with Crippen molar-refractivity contribution in [1.29, 1.82) is 0 Å². The van der Waals surface area contributed by atoms with E-state index in [4.69, 9.17) is 14.2 Å². The standard InChI is InChI=1S/C15H22O3/c1-9-6-13-12(4)14(7-17-8-16-5)10(2)11(3)15(13)18-9/h9H,6-8H2,1-5H3. The summed E-state index contributed by atoms with van der Waals surface area (Å²) in [6.45, 7) is 9.50. The Morgan fingerprint density at radius 2 is 1.89 bits per heavy atom. The number of benzene rings is 1.